The molecule has 2 amide bonds. The molecule has 19 heavy (non-hydrogen) atoms. The van der Waals surface area contributed by atoms with E-state index in [0.717, 1.165) is 5.56 Å². The first-order valence-corrected chi connectivity index (χ1v) is 5.65. The maximum atomic E-state index is 11.5. The van der Waals surface area contributed by atoms with Crippen molar-refractivity contribution in [2.45, 2.75) is 6.92 Å². The van der Waals surface area contributed by atoms with Crippen LogP contribution in [0.2, 0.25) is 0 Å². The minimum absolute atomic E-state index is 0.0425. The van der Waals surface area contributed by atoms with Crippen molar-refractivity contribution in [3.8, 4) is 11.4 Å². The van der Waals surface area contributed by atoms with Gasteiger partial charge in [0.1, 0.15) is 6.33 Å². The van der Waals surface area contributed by atoms with Crippen LogP contribution in [0.1, 0.15) is 6.92 Å². The Balaban J connectivity index is 1.95. The van der Waals surface area contributed by atoms with Crippen molar-refractivity contribution >= 4 is 17.5 Å². The quantitative estimate of drug-likeness (QED) is 0.746. The van der Waals surface area contributed by atoms with Crippen LogP contribution in [0.25, 0.3) is 11.4 Å². The normalized spacial score (nSPS) is 9.95. The van der Waals surface area contributed by atoms with Gasteiger partial charge in [0, 0.05) is 18.2 Å². The van der Waals surface area contributed by atoms with Crippen molar-refractivity contribution in [2.75, 3.05) is 11.9 Å². The topological polar surface area (TPSA) is 99.8 Å². The SMILES string of the molecule is CC(=O)NCC(=O)Nc1ccc(-c2ncn[nH]2)cc1. The number of aromatic nitrogens is 3. The fourth-order valence-corrected chi connectivity index (χ4v) is 1.47. The molecule has 0 unspecified atom stereocenters. The fraction of sp³-hybridized carbons (Fsp3) is 0.167. The number of carbonyl (C=O) groups excluding carboxylic acids is 2. The lowest BCUT2D eigenvalue weighted by molar-refractivity contribution is -0.122. The first-order chi connectivity index (χ1) is 9.15. The molecule has 0 radical (unpaired) electrons. The molecule has 1 aromatic carbocycles. The molecule has 0 aliphatic carbocycles. The van der Waals surface area contributed by atoms with Gasteiger partial charge >= 0.3 is 0 Å². The molecule has 0 spiro atoms. The van der Waals surface area contributed by atoms with Crippen molar-refractivity contribution in [1.82, 2.24) is 20.5 Å². The van der Waals surface area contributed by atoms with Crippen molar-refractivity contribution < 1.29 is 9.59 Å². The number of nitrogens with one attached hydrogen (secondary N) is 3. The van der Waals surface area contributed by atoms with E-state index in [1.54, 1.807) is 12.1 Å². The number of hydrogen-bond acceptors (Lipinski definition) is 4. The molecular weight excluding hydrogens is 246 g/mol. The Bertz CT molecular complexity index is 562. The standard InChI is InChI=1S/C12H13N5O2/c1-8(18)13-6-11(19)16-10-4-2-9(3-5-10)12-14-7-15-17-12/h2-5,7H,6H2,1H3,(H,13,18)(H,16,19)(H,14,15,17). The van der Waals surface area contributed by atoms with Gasteiger partial charge in [-0.1, -0.05) is 0 Å². The van der Waals surface area contributed by atoms with Gasteiger partial charge in [0.05, 0.1) is 6.54 Å². The Morgan fingerprint density at radius 3 is 2.58 bits per heavy atom. The summed E-state index contributed by atoms with van der Waals surface area (Å²) in [5.41, 5.74) is 1.52. The molecule has 0 bridgehead atoms. The molecule has 1 aromatic heterocycles. The van der Waals surface area contributed by atoms with E-state index < -0.39 is 0 Å². The number of hydrogen-bond donors (Lipinski definition) is 3. The second-order valence-corrected chi connectivity index (χ2v) is 3.87. The van der Waals surface area contributed by atoms with E-state index >= 15 is 0 Å². The lowest BCUT2D eigenvalue weighted by atomic mass is 10.2. The molecule has 0 aliphatic rings. The van der Waals surface area contributed by atoms with Crippen LogP contribution in [0.3, 0.4) is 0 Å². The highest BCUT2D eigenvalue weighted by molar-refractivity contribution is 5.94. The minimum Gasteiger partial charge on any atom is -0.347 e. The van der Waals surface area contributed by atoms with Crippen LogP contribution >= 0.6 is 0 Å². The Kier molecular flexibility index (Phi) is 3.87. The van der Waals surface area contributed by atoms with E-state index in [-0.39, 0.29) is 18.4 Å². The zero-order chi connectivity index (χ0) is 13.7. The molecule has 1 heterocycles. The Hall–Kier alpha value is -2.70. The van der Waals surface area contributed by atoms with Gasteiger partial charge in [0.15, 0.2) is 5.82 Å². The monoisotopic (exact) mass is 259 g/mol. The molecule has 0 saturated carbocycles. The van der Waals surface area contributed by atoms with E-state index in [0.29, 0.717) is 11.5 Å². The number of aromatic amines is 1. The van der Waals surface area contributed by atoms with E-state index in [4.69, 9.17) is 0 Å². The van der Waals surface area contributed by atoms with Crippen LogP contribution < -0.4 is 10.6 Å². The van der Waals surface area contributed by atoms with Crippen LogP contribution in [-0.4, -0.2) is 33.5 Å². The largest absolute Gasteiger partial charge is 0.347 e. The van der Waals surface area contributed by atoms with Crippen LogP contribution in [-0.2, 0) is 9.59 Å². The summed E-state index contributed by atoms with van der Waals surface area (Å²) in [5.74, 6) is 0.148. The summed E-state index contributed by atoms with van der Waals surface area (Å²) in [5, 5.41) is 11.6. The van der Waals surface area contributed by atoms with Crippen LogP contribution in [0, 0.1) is 0 Å². The third kappa shape index (κ3) is 3.63. The second kappa shape index (κ2) is 5.76. The first-order valence-electron chi connectivity index (χ1n) is 5.65. The highest BCUT2D eigenvalue weighted by atomic mass is 16.2. The number of anilines is 1. The summed E-state index contributed by atoms with van der Waals surface area (Å²) in [6.45, 7) is 1.32. The molecule has 0 fully saturated rings. The van der Waals surface area contributed by atoms with Gasteiger partial charge in [-0.2, -0.15) is 5.10 Å². The molecule has 0 saturated heterocycles. The number of amides is 2. The second-order valence-electron chi connectivity index (χ2n) is 3.87. The average molecular weight is 259 g/mol. The maximum absolute atomic E-state index is 11.5. The van der Waals surface area contributed by atoms with Gasteiger partial charge < -0.3 is 10.6 Å². The molecule has 0 aliphatic heterocycles. The molecule has 2 rings (SSSR count). The number of rotatable bonds is 4. The molecule has 7 heteroatoms. The fourth-order valence-electron chi connectivity index (χ4n) is 1.47. The van der Waals surface area contributed by atoms with Crippen LogP contribution in [0.5, 0.6) is 0 Å². The van der Waals surface area contributed by atoms with Gasteiger partial charge in [-0.3, -0.25) is 14.7 Å². The first kappa shape index (κ1) is 12.7. The molecular formula is C12H13N5O2. The predicted octanol–water partition coefficient (Wildman–Crippen LogP) is 0.546. The summed E-state index contributed by atoms with van der Waals surface area (Å²) in [6, 6.07) is 7.14. The number of benzene rings is 1. The van der Waals surface area contributed by atoms with Gasteiger partial charge in [-0.25, -0.2) is 4.98 Å². The number of nitrogens with zero attached hydrogens (tertiary/aromatic N) is 2. The van der Waals surface area contributed by atoms with Gasteiger partial charge in [-0.15, -0.1) is 0 Å². The molecule has 0 atom stereocenters. The zero-order valence-electron chi connectivity index (χ0n) is 10.3. The van der Waals surface area contributed by atoms with Crippen molar-refractivity contribution in [3.63, 3.8) is 0 Å². The lowest BCUT2D eigenvalue weighted by Gasteiger charge is -2.06. The van der Waals surface area contributed by atoms with Gasteiger partial charge in [0.2, 0.25) is 11.8 Å². The Labute approximate surface area is 109 Å². The summed E-state index contributed by atoms with van der Waals surface area (Å²) >= 11 is 0. The maximum Gasteiger partial charge on any atom is 0.243 e. The Morgan fingerprint density at radius 1 is 1.26 bits per heavy atom. The molecule has 3 N–H and O–H groups in total. The summed E-state index contributed by atoms with van der Waals surface area (Å²) in [7, 11) is 0. The highest BCUT2D eigenvalue weighted by Gasteiger charge is 2.04. The Morgan fingerprint density at radius 2 is 2.00 bits per heavy atom. The van der Waals surface area contributed by atoms with Gasteiger partial charge in [0.25, 0.3) is 0 Å². The van der Waals surface area contributed by atoms with Crippen molar-refractivity contribution in [1.29, 1.82) is 0 Å². The zero-order valence-corrected chi connectivity index (χ0v) is 10.3. The van der Waals surface area contributed by atoms with Crippen LogP contribution in [0.15, 0.2) is 30.6 Å². The average Bonchev–Trinajstić information content (AvgIpc) is 2.91. The summed E-state index contributed by atoms with van der Waals surface area (Å²) in [6.07, 6.45) is 1.43. The van der Waals surface area contributed by atoms with E-state index in [1.807, 2.05) is 12.1 Å². The van der Waals surface area contributed by atoms with E-state index in [2.05, 4.69) is 25.8 Å². The molecule has 98 valence electrons. The van der Waals surface area contributed by atoms with Crippen molar-refractivity contribution in [2.24, 2.45) is 0 Å². The molecule has 2 aromatic rings. The third-order valence-electron chi connectivity index (χ3n) is 2.36. The smallest absolute Gasteiger partial charge is 0.243 e. The highest BCUT2D eigenvalue weighted by Crippen LogP contribution is 2.16. The third-order valence-corrected chi connectivity index (χ3v) is 2.36. The van der Waals surface area contributed by atoms with E-state index in [1.165, 1.54) is 13.3 Å². The lowest BCUT2D eigenvalue weighted by Crippen LogP contribution is -2.31. The number of H-pyrrole nitrogens is 1. The van der Waals surface area contributed by atoms with E-state index in [9.17, 15) is 9.59 Å². The minimum atomic E-state index is -0.275. The summed E-state index contributed by atoms with van der Waals surface area (Å²) in [4.78, 5) is 26.2. The van der Waals surface area contributed by atoms with Crippen molar-refractivity contribution in [3.05, 3.63) is 30.6 Å². The number of carbonyl (C=O) groups is 2. The van der Waals surface area contributed by atoms with Crippen LogP contribution in [0.4, 0.5) is 5.69 Å². The van der Waals surface area contributed by atoms with Gasteiger partial charge in [-0.05, 0) is 24.3 Å². The summed E-state index contributed by atoms with van der Waals surface area (Å²) < 4.78 is 0. The predicted molar refractivity (Wildman–Crippen MR) is 69.1 cm³/mol. The molecule has 7 nitrogen and oxygen atoms in total.